The highest BCUT2D eigenvalue weighted by Gasteiger charge is 2.41. The minimum Gasteiger partial charge on any atom is -0.465 e. The average Bonchev–Trinajstić information content (AvgIpc) is 3.02. The second-order valence-electron chi connectivity index (χ2n) is 13.8. The summed E-state index contributed by atoms with van der Waals surface area (Å²) in [6.45, 7) is 6.08. The van der Waals surface area contributed by atoms with Gasteiger partial charge in [0.15, 0.2) is 0 Å². The number of pyridine rings is 1. The largest absolute Gasteiger partial charge is 0.465 e. The number of aromatic nitrogens is 1. The lowest BCUT2D eigenvalue weighted by atomic mass is 9.71. The highest BCUT2D eigenvalue weighted by atomic mass is 16.6. The third kappa shape index (κ3) is 7.69. The standard InChI is InChI=1S/C37H46N4O5/c1-36(2,3)46-34(43)40-37(19-8-20-37)29-15-11-27(12-16-29)33-32(26-9-6-5-7-10-26)21-30(23-39-33)38-22-28(24-42)25-13-17-31(18-14-25)41(4)35(44)45/h5-7,9-12,15-16,21,23-25,28,31,38H,8,13-14,17-20,22H2,1-4H3,(H,40,43)(H,44,45)/t25-,28?,31-. The van der Waals surface area contributed by atoms with Gasteiger partial charge in [-0.3, -0.25) is 4.98 Å². The zero-order valence-electron chi connectivity index (χ0n) is 27.3. The van der Waals surface area contributed by atoms with Gasteiger partial charge in [0, 0.05) is 36.7 Å². The van der Waals surface area contributed by atoms with Gasteiger partial charge in [0.2, 0.25) is 0 Å². The van der Waals surface area contributed by atoms with Crippen molar-refractivity contribution < 1.29 is 24.2 Å². The van der Waals surface area contributed by atoms with Crippen molar-refractivity contribution in [3.63, 3.8) is 0 Å². The van der Waals surface area contributed by atoms with Crippen LogP contribution in [-0.2, 0) is 15.1 Å². The van der Waals surface area contributed by atoms with Gasteiger partial charge in [0.05, 0.1) is 23.1 Å². The molecule has 5 rings (SSSR count). The van der Waals surface area contributed by atoms with Crippen LogP contribution >= 0.6 is 0 Å². The van der Waals surface area contributed by atoms with Gasteiger partial charge in [-0.05, 0) is 88.8 Å². The number of ether oxygens (including phenoxy) is 1. The quantitative estimate of drug-likeness (QED) is 0.197. The Morgan fingerprint density at radius 1 is 1.04 bits per heavy atom. The van der Waals surface area contributed by atoms with Crippen LogP contribution in [0.5, 0.6) is 0 Å². The first-order valence-corrected chi connectivity index (χ1v) is 16.3. The van der Waals surface area contributed by atoms with Gasteiger partial charge >= 0.3 is 12.2 Å². The van der Waals surface area contributed by atoms with Crippen molar-refractivity contribution in [2.75, 3.05) is 18.9 Å². The molecule has 1 aromatic heterocycles. The van der Waals surface area contributed by atoms with Crippen LogP contribution in [0.15, 0.2) is 66.9 Å². The van der Waals surface area contributed by atoms with E-state index >= 15 is 0 Å². The molecule has 3 N–H and O–H groups in total. The third-order valence-corrected chi connectivity index (χ3v) is 9.54. The zero-order chi connectivity index (χ0) is 32.9. The van der Waals surface area contributed by atoms with Crippen LogP contribution in [0.3, 0.4) is 0 Å². The van der Waals surface area contributed by atoms with E-state index in [1.54, 1.807) is 7.05 Å². The molecule has 0 spiro atoms. The Bertz CT molecular complexity index is 1510. The Hall–Kier alpha value is -4.40. The molecule has 2 amide bonds. The highest BCUT2D eigenvalue weighted by molar-refractivity contribution is 5.83. The van der Waals surface area contributed by atoms with Crippen molar-refractivity contribution in [2.24, 2.45) is 11.8 Å². The number of hydrogen-bond donors (Lipinski definition) is 3. The SMILES string of the molecule is CN(C(=O)O)[C@H]1CC[C@H](C(C=O)CNc2cnc(-c3ccc(C4(NC(=O)OC(C)(C)C)CCC4)cc3)c(-c3ccccc3)c2)CC1. The van der Waals surface area contributed by atoms with E-state index < -0.39 is 23.3 Å². The minimum atomic E-state index is -0.907. The van der Waals surface area contributed by atoms with Crippen LogP contribution in [0.25, 0.3) is 22.4 Å². The number of hydrogen-bond acceptors (Lipinski definition) is 6. The van der Waals surface area contributed by atoms with Gasteiger partial charge in [-0.15, -0.1) is 0 Å². The first-order valence-electron chi connectivity index (χ1n) is 16.3. The lowest BCUT2D eigenvalue weighted by molar-refractivity contribution is -0.112. The monoisotopic (exact) mass is 626 g/mol. The van der Waals surface area contributed by atoms with Gasteiger partial charge in [-0.25, -0.2) is 9.59 Å². The number of carboxylic acid groups (broad SMARTS) is 1. The smallest absolute Gasteiger partial charge is 0.408 e. The van der Waals surface area contributed by atoms with Crippen LogP contribution in [0.2, 0.25) is 0 Å². The second kappa shape index (κ2) is 13.9. The fraction of sp³-hybridized carbons (Fsp3) is 0.459. The normalized spacial score (nSPS) is 19.7. The van der Waals surface area contributed by atoms with E-state index in [2.05, 4.69) is 53.1 Å². The van der Waals surface area contributed by atoms with Crippen molar-refractivity contribution in [3.8, 4) is 22.4 Å². The Morgan fingerprint density at radius 2 is 1.72 bits per heavy atom. The molecule has 9 heteroatoms. The molecule has 2 fully saturated rings. The number of alkyl carbamates (subject to hydrolysis) is 1. The molecular formula is C37H46N4O5. The predicted molar refractivity (Wildman–Crippen MR) is 180 cm³/mol. The molecule has 0 saturated heterocycles. The number of rotatable bonds is 10. The summed E-state index contributed by atoms with van der Waals surface area (Å²) >= 11 is 0. The molecule has 2 aliphatic carbocycles. The van der Waals surface area contributed by atoms with E-state index in [1.165, 1.54) is 4.90 Å². The summed E-state index contributed by atoms with van der Waals surface area (Å²) in [5.74, 6) is 0.0446. The Labute approximate surface area is 271 Å². The van der Waals surface area contributed by atoms with Crippen LogP contribution in [0.4, 0.5) is 15.3 Å². The number of carbonyl (C=O) groups is 3. The number of nitrogens with zero attached hydrogens (tertiary/aromatic N) is 2. The van der Waals surface area contributed by atoms with E-state index in [4.69, 9.17) is 9.72 Å². The Morgan fingerprint density at radius 3 is 2.28 bits per heavy atom. The first kappa shape index (κ1) is 33.0. The molecule has 0 aliphatic heterocycles. The van der Waals surface area contributed by atoms with Crippen molar-refractivity contribution in [3.05, 3.63) is 72.4 Å². The third-order valence-electron chi connectivity index (χ3n) is 9.54. The average molecular weight is 627 g/mol. The molecule has 0 radical (unpaired) electrons. The van der Waals surface area contributed by atoms with Crippen LogP contribution in [-0.4, -0.2) is 58.7 Å². The molecule has 1 unspecified atom stereocenters. The molecule has 244 valence electrons. The van der Waals surface area contributed by atoms with Crippen LogP contribution < -0.4 is 10.6 Å². The molecular weight excluding hydrogens is 580 g/mol. The summed E-state index contributed by atoms with van der Waals surface area (Å²) in [6, 6.07) is 20.5. The van der Waals surface area contributed by atoms with Crippen molar-refractivity contribution in [2.45, 2.75) is 82.9 Å². The molecule has 2 aromatic carbocycles. The maximum Gasteiger partial charge on any atom is 0.408 e. The van der Waals surface area contributed by atoms with Gasteiger partial charge in [-0.1, -0.05) is 54.6 Å². The fourth-order valence-electron chi connectivity index (χ4n) is 6.73. The Kier molecular flexibility index (Phi) is 9.99. The summed E-state index contributed by atoms with van der Waals surface area (Å²) in [5, 5.41) is 15.9. The minimum absolute atomic E-state index is 0.00810. The lowest BCUT2D eigenvalue weighted by Gasteiger charge is -2.43. The summed E-state index contributed by atoms with van der Waals surface area (Å²) in [4.78, 5) is 42.4. The van der Waals surface area contributed by atoms with Gasteiger partial charge < -0.3 is 30.2 Å². The second-order valence-corrected chi connectivity index (χ2v) is 13.8. The maximum atomic E-state index is 12.6. The molecule has 1 heterocycles. The zero-order valence-corrected chi connectivity index (χ0v) is 27.3. The topological polar surface area (TPSA) is 121 Å². The van der Waals surface area contributed by atoms with E-state index in [9.17, 15) is 19.5 Å². The van der Waals surface area contributed by atoms with E-state index in [1.807, 2.05) is 45.2 Å². The number of anilines is 1. The number of benzene rings is 2. The number of amides is 2. The summed E-state index contributed by atoms with van der Waals surface area (Å²) in [5.41, 5.74) is 4.72. The van der Waals surface area contributed by atoms with Crippen LogP contribution in [0.1, 0.15) is 71.3 Å². The fourth-order valence-corrected chi connectivity index (χ4v) is 6.73. The summed E-state index contributed by atoms with van der Waals surface area (Å²) in [6.07, 6.45) is 7.49. The molecule has 0 bridgehead atoms. The highest BCUT2D eigenvalue weighted by Crippen LogP contribution is 2.42. The van der Waals surface area contributed by atoms with Gasteiger partial charge in [0.1, 0.15) is 11.9 Å². The summed E-state index contributed by atoms with van der Waals surface area (Å²) in [7, 11) is 1.62. The molecule has 3 aromatic rings. The number of nitrogens with one attached hydrogen (secondary N) is 2. The van der Waals surface area contributed by atoms with Crippen LogP contribution in [0, 0.1) is 11.8 Å². The van der Waals surface area contributed by atoms with Crippen molar-refractivity contribution in [1.82, 2.24) is 15.2 Å². The van der Waals surface area contributed by atoms with Gasteiger partial charge in [-0.2, -0.15) is 0 Å². The van der Waals surface area contributed by atoms with E-state index in [-0.39, 0.29) is 17.9 Å². The predicted octanol–water partition coefficient (Wildman–Crippen LogP) is 7.72. The Balaban J connectivity index is 1.32. The number of carbonyl (C=O) groups excluding carboxylic acids is 2. The molecule has 9 nitrogen and oxygen atoms in total. The molecule has 2 saturated carbocycles. The van der Waals surface area contributed by atoms with Gasteiger partial charge in [0.25, 0.3) is 0 Å². The van der Waals surface area contributed by atoms with E-state index in [0.717, 1.165) is 84.9 Å². The lowest BCUT2D eigenvalue weighted by Crippen LogP contribution is -2.52. The molecule has 1 atom stereocenters. The first-order chi connectivity index (χ1) is 22.0. The maximum absolute atomic E-state index is 12.6. The summed E-state index contributed by atoms with van der Waals surface area (Å²) < 4.78 is 5.55. The van der Waals surface area contributed by atoms with Crippen molar-refractivity contribution in [1.29, 1.82) is 0 Å². The van der Waals surface area contributed by atoms with Crippen molar-refractivity contribution >= 4 is 24.2 Å². The van der Waals surface area contributed by atoms with E-state index in [0.29, 0.717) is 6.54 Å². The molecule has 46 heavy (non-hydrogen) atoms. The molecule has 2 aliphatic rings. The number of aldehydes is 1.